The number of aliphatic imine (C=N–C) groups is 2. The Balaban J connectivity index is 1.93. The third-order valence-electron chi connectivity index (χ3n) is 4.70. The van der Waals surface area contributed by atoms with Gasteiger partial charge >= 0.3 is 0 Å². The summed E-state index contributed by atoms with van der Waals surface area (Å²) in [5, 5.41) is 0. The molecule has 0 N–H and O–H groups in total. The molecule has 2 nitrogen and oxygen atoms in total. The average Bonchev–Trinajstić information content (AvgIpc) is 3.37. The zero-order valence-corrected chi connectivity index (χ0v) is 14.2. The molecule has 0 heterocycles. The fourth-order valence-corrected chi connectivity index (χ4v) is 2.82. The van der Waals surface area contributed by atoms with Crippen molar-refractivity contribution in [3.05, 3.63) is 36.2 Å². The van der Waals surface area contributed by atoms with Gasteiger partial charge in [-0.3, -0.25) is 4.99 Å². The van der Waals surface area contributed by atoms with Crippen LogP contribution in [0.1, 0.15) is 39.5 Å². The highest BCUT2D eigenvalue weighted by Gasteiger charge is 2.28. The number of nitrogens with zero attached hydrogens (tertiary/aromatic N) is 2. The van der Waals surface area contributed by atoms with Crippen molar-refractivity contribution in [2.45, 2.75) is 45.7 Å². The lowest BCUT2D eigenvalue weighted by Crippen LogP contribution is -2.21. The number of allylic oxidation sites excluding steroid dienone is 4. The molecule has 2 aliphatic rings. The Labute approximate surface area is 137 Å². The number of halogens is 2. The Morgan fingerprint density at radius 2 is 2.13 bits per heavy atom. The molecule has 0 aromatic carbocycles. The SMILES string of the molecule is C=C(C(=NC)N=C(C)C(F)CC(C)C1C=CC(F)=CC1)C1CC1. The van der Waals surface area contributed by atoms with E-state index in [-0.39, 0.29) is 17.7 Å². The van der Waals surface area contributed by atoms with Crippen LogP contribution in [0, 0.1) is 17.8 Å². The molecule has 0 aliphatic heterocycles. The van der Waals surface area contributed by atoms with Gasteiger partial charge in [0, 0.05) is 7.05 Å². The van der Waals surface area contributed by atoms with E-state index in [1.54, 1.807) is 20.0 Å². The van der Waals surface area contributed by atoms with E-state index in [1.165, 1.54) is 6.08 Å². The molecule has 0 radical (unpaired) electrons. The van der Waals surface area contributed by atoms with Gasteiger partial charge < -0.3 is 0 Å². The standard InChI is InChI=1S/C19H26F2N2/c1-12(15-7-9-17(20)10-8-15)11-18(21)14(3)23-19(22-4)13(2)16-5-6-16/h7,9-10,12,15-16,18H,2,5-6,8,11H2,1,3-4H3. The molecule has 0 aromatic rings. The summed E-state index contributed by atoms with van der Waals surface area (Å²) in [5.74, 6) is 1.15. The van der Waals surface area contributed by atoms with Crippen LogP contribution in [-0.4, -0.2) is 24.8 Å². The van der Waals surface area contributed by atoms with E-state index in [4.69, 9.17) is 0 Å². The van der Waals surface area contributed by atoms with Gasteiger partial charge in [-0.1, -0.05) is 19.6 Å². The Morgan fingerprint density at radius 1 is 1.43 bits per heavy atom. The van der Waals surface area contributed by atoms with Crippen LogP contribution < -0.4 is 0 Å². The van der Waals surface area contributed by atoms with E-state index in [9.17, 15) is 8.78 Å². The Bertz CT molecular complexity index is 568. The molecule has 2 aliphatic carbocycles. The van der Waals surface area contributed by atoms with Gasteiger partial charge in [0.15, 0.2) is 0 Å². The van der Waals surface area contributed by atoms with Gasteiger partial charge in [0.2, 0.25) is 0 Å². The third-order valence-corrected chi connectivity index (χ3v) is 4.70. The molecule has 23 heavy (non-hydrogen) atoms. The minimum Gasteiger partial charge on any atom is -0.270 e. The Morgan fingerprint density at radius 3 is 2.65 bits per heavy atom. The van der Waals surface area contributed by atoms with Crippen LogP contribution in [0.15, 0.2) is 46.2 Å². The fourth-order valence-electron chi connectivity index (χ4n) is 2.82. The van der Waals surface area contributed by atoms with Crippen molar-refractivity contribution in [2.75, 3.05) is 7.05 Å². The molecule has 0 spiro atoms. The molecule has 126 valence electrons. The monoisotopic (exact) mass is 320 g/mol. The zero-order valence-electron chi connectivity index (χ0n) is 14.2. The Hall–Kier alpha value is -1.58. The van der Waals surface area contributed by atoms with Crippen molar-refractivity contribution in [1.82, 2.24) is 0 Å². The lowest BCUT2D eigenvalue weighted by atomic mass is 9.84. The topological polar surface area (TPSA) is 24.7 Å². The largest absolute Gasteiger partial charge is 0.270 e. The molecule has 1 fully saturated rings. The van der Waals surface area contributed by atoms with Gasteiger partial charge in [-0.2, -0.15) is 0 Å². The maximum atomic E-state index is 14.5. The summed E-state index contributed by atoms with van der Waals surface area (Å²) >= 11 is 0. The molecule has 0 saturated heterocycles. The van der Waals surface area contributed by atoms with Crippen LogP contribution in [0.2, 0.25) is 0 Å². The number of hydrogen-bond acceptors (Lipinski definition) is 1. The first-order valence-corrected chi connectivity index (χ1v) is 8.31. The number of amidine groups is 1. The van der Waals surface area contributed by atoms with E-state index in [2.05, 4.69) is 16.6 Å². The fraction of sp³-hybridized carbons (Fsp3) is 0.579. The highest BCUT2D eigenvalue weighted by molar-refractivity contribution is 6.07. The van der Waals surface area contributed by atoms with E-state index in [0.29, 0.717) is 30.3 Å². The van der Waals surface area contributed by atoms with E-state index < -0.39 is 6.17 Å². The van der Waals surface area contributed by atoms with Crippen LogP contribution in [-0.2, 0) is 0 Å². The first-order valence-electron chi connectivity index (χ1n) is 8.31. The Kier molecular flexibility index (Phi) is 6.03. The van der Waals surface area contributed by atoms with Crippen molar-refractivity contribution in [3.8, 4) is 0 Å². The van der Waals surface area contributed by atoms with Crippen LogP contribution in [0.3, 0.4) is 0 Å². The first kappa shape index (κ1) is 17.8. The molecule has 0 amide bonds. The van der Waals surface area contributed by atoms with Crippen LogP contribution in [0.25, 0.3) is 0 Å². The van der Waals surface area contributed by atoms with E-state index in [0.717, 1.165) is 18.4 Å². The number of rotatable bonds is 6. The van der Waals surface area contributed by atoms with Crippen molar-refractivity contribution < 1.29 is 8.78 Å². The average molecular weight is 320 g/mol. The predicted octanol–water partition coefficient (Wildman–Crippen LogP) is 5.24. The van der Waals surface area contributed by atoms with E-state index in [1.807, 2.05) is 13.0 Å². The highest BCUT2D eigenvalue weighted by atomic mass is 19.1. The molecule has 0 aromatic heterocycles. The second kappa shape index (κ2) is 7.80. The zero-order chi connectivity index (χ0) is 17.0. The molecule has 2 rings (SSSR count). The van der Waals surface area contributed by atoms with Gasteiger partial charge in [-0.15, -0.1) is 0 Å². The molecule has 3 atom stereocenters. The highest BCUT2D eigenvalue weighted by Crippen LogP contribution is 2.36. The molecular formula is C19H26F2N2. The van der Waals surface area contributed by atoms with Crippen molar-refractivity contribution >= 4 is 11.5 Å². The lowest BCUT2D eigenvalue weighted by Gasteiger charge is -2.23. The van der Waals surface area contributed by atoms with Crippen molar-refractivity contribution in [2.24, 2.45) is 27.7 Å². The van der Waals surface area contributed by atoms with Crippen molar-refractivity contribution in [3.63, 3.8) is 0 Å². The summed E-state index contributed by atoms with van der Waals surface area (Å²) in [6, 6.07) is 0. The minimum atomic E-state index is -1.11. The smallest absolute Gasteiger partial charge is 0.149 e. The number of hydrogen-bond donors (Lipinski definition) is 0. The lowest BCUT2D eigenvalue weighted by molar-refractivity contribution is 0.302. The molecular weight excluding hydrogens is 294 g/mol. The third kappa shape index (κ3) is 4.95. The molecule has 1 saturated carbocycles. The second-order valence-corrected chi connectivity index (χ2v) is 6.63. The first-order chi connectivity index (χ1) is 10.9. The summed E-state index contributed by atoms with van der Waals surface area (Å²) in [5.41, 5.74) is 1.36. The molecule has 3 unspecified atom stereocenters. The minimum absolute atomic E-state index is 0.129. The van der Waals surface area contributed by atoms with Gasteiger partial charge in [0.05, 0.1) is 5.71 Å². The second-order valence-electron chi connectivity index (χ2n) is 6.63. The predicted molar refractivity (Wildman–Crippen MR) is 93.4 cm³/mol. The summed E-state index contributed by atoms with van der Waals surface area (Å²) in [7, 11) is 1.67. The van der Waals surface area contributed by atoms with E-state index >= 15 is 0 Å². The summed E-state index contributed by atoms with van der Waals surface area (Å²) in [6.07, 6.45) is 7.03. The number of alkyl halides is 1. The summed E-state index contributed by atoms with van der Waals surface area (Å²) < 4.78 is 27.5. The maximum Gasteiger partial charge on any atom is 0.149 e. The summed E-state index contributed by atoms with van der Waals surface area (Å²) in [4.78, 5) is 8.52. The van der Waals surface area contributed by atoms with Gasteiger partial charge in [-0.25, -0.2) is 13.8 Å². The van der Waals surface area contributed by atoms with Crippen LogP contribution in [0.5, 0.6) is 0 Å². The van der Waals surface area contributed by atoms with Crippen LogP contribution in [0.4, 0.5) is 8.78 Å². The molecule has 4 heteroatoms. The van der Waals surface area contributed by atoms with Gasteiger partial charge in [0.25, 0.3) is 0 Å². The summed E-state index contributed by atoms with van der Waals surface area (Å²) in [6.45, 7) is 7.74. The maximum absolute atomic E-state index is 14.5. The molecule has 0 bridgehead atoms. The van der Waals surface area contributed by atoms with Crippen LogP contribution >= 0.6 is 0 Å². The normalized spacial score (nSPS) is 25.1. The van der Waals surface area contributed by atoms with Gasteiger partial charge in [0.1, 0.15) is 17.8 Å². The van der Waals surface area contributed by atoms with Gasteiger partial charge in [-0.05, 0) is 68.1 Å². The quantitative estimate of drug-likeness (QED) is 0.472. The van der Waals surface area contributed by atoms with Crippen molar-refractivity contribution in [1.29, 1.82) is 0 Å².